The van der Waals surface area contributed by atoms with E-state index in [0.717, 1.165) is 11.3 Å². The van der Waals surface area contributed by atoms with E-state index in [1.807, 2.05) is 43.3 Å². The summed E-state index contributed by atoms with van der Waals surface area (Å²) >= 11 is 0. The zero-order chi connectivity index (χ0) is 16.8. The number of benzene rings is 2. The summed E-state index contributed by atoms with van der Waals surface area (Å²) < 4.78 is 0. The number of anilines is 2. The lowest BCUT2D eigenvalue weighted by atomic mass is 10.1. The van der Waals surface area contributed by atoms with Crippen molar-refractivity contribution in [1.82, 2.24) is 5.32 Å². The van der Waals surface area contributed by atoms with Crippen LogP contribution in [0.5, 0.6) is 0 Å². The van der Waals surface area contributed by atoms with Crippen LogP contribution in [0, 0.1) is 0 Å². The Balaban J connectivity index is 2.01. The molecule has 0 saturated carbocycles. The highest BCUT2D eigenvalue weighted by Gasteiger charge is 2.07. The maximum atomic E-state index is 12.2. The minimum absolute atomic E-state index is 0.0391. The van der Waals surface area contributed by atoms with Crippen LogP contribution in [0.25, 0.3) is 0 Å². The molecule has 0 aliphatic heterocycles. The molecule has 2 aromatic carbocycles. The molecule has 0 aliphatic carbocycles. The van der Waals surface area contributed by atoms with E-state index in [0.29, 0.717) is 17.7 Å². The maximum Gasteiger partial charge on any atom is 0.255 e. The Morgan fingerprint density at radius 3 is 2.09 bits per heavy atom. The summed E-state index contributed by atoms with van der Waals surface area (Å²) in [5.74, 6) is -0.197. The van der Waals surface area contributed by atoms with Gasteiger partial charge in [0, 0.05) is 38.1 Å². The molecule has 0 aliphatic rings. The van der Waals surface area contributed by atoms with E-state index in [-0.39, 0.29) is 11.8 Å². The summed E-state index contributed by atoms with van der Waals surface area (Å²) in [4.78, 5) is 25.5. The fourth-order valence-electron chi connectivity index (χ4n) is 2.09. The topological polar surface area (TPSA) is 61.4 Å². The van der Waals surface area contributed by atoms with Gasteiger partial charge in [0.2, 0.25) is 5.91 Å². The second-order valence-corrected chi connectivity index (χ2v) is 5.44. The molecule has 2 rings (SSSR count). The zero-order valence-electron chi connectivity index (χ0n) is 13.6. The van der Waals surface area contributed by atoms with Gasteiger partial charge in [0.1, 0.15) is 0 Å². The highest BCUT2D eigenvalue weighted by atomic mass is 16.2. The van der Waals surface area contributed by atoms with E-state index in [2.05, 4.69) is 10.6 Å². The lowest BCUT2D eigenvalue weighted by Crippen LogP contribution is -2.19. The number of nitrogens with zero attached hydrogens (tertiary/aromatic N) is 1. The first-order valence-corrected chi connectivity index (χ1v) is 7.38. The van der Waals surface area contributed by atoms with E-state index < -0.39 is 0 Å². The number of amides is 2. The van der Waals surface area contributed by atoms with Gasteiger partial charge in [-0.1, -0.05) is 12.1 Å². The fraction of sp³-hybridized carbons (Fsp3) is 0.222. The van der Waals surface area contributed by atoms with Gasteiger partial charge >= 0.3 is 0 Å². The van der Waals surface area contributed by atoms with Crippen molar-refractivity contribution in [2.45, 2.75) is 6.42 Å². The Hall–Kier alpha value is -2.82. The van der Waals surface area contributed by atoms with Crippen LogP contribution in [0.15, 0.2) is 48.5 Å². The quantitative estimate of drug-likeness (QED) is 0.890. The highest BCUT2D eigenvalue weighted by Crippen LogP contribution is 2.15. The molecule has 0 spiro atoms. The number of hydrogen-bond acceptors (Lipinski definition) is 3. The Kier molecular flexibility index (Phi) is 5.36. The van der Waals surface area contributed by atoms with Gasteiger partial charge < -0.3 is 15.5 Å². The van der Waals surface area contributed by atoms with E-state index >= 15 is 0 Å². The molecule has 5 nitrogen and oxygen atoms in total. The predicted molar refractivity (Wildman–Crippen MR) is 92.9 cm³/mol. The van der Waals surface area contributed by atoms with Crippen LogP contribution >= 0.6 is 0 Å². The maximum absolute atomic E-state index is 12.2. The third kappa shape index (κ3) is 4.57. The molecule has 2 amide bonds. The predicted octanol–water partition coefficient (Wildman–Crippen LogP) is 2.29. The zero-order valence-corrected chi connectivity index (χ0v) is 13.6. The second kappa shape index (κ2) is 7.45. The van der Waals surface area contributed by atoms with Crippen LogP contribution in [-0.4, -0.2) is 33.0 Å². The summed E-state index contributed by atoms with van der Waals surface area (Å²) in [5, 5.41) is 5.43. The van der Waals surface area contributed by atoms with Crippen molar-refractivity contribution in [3.63, 3.8) is 0 Å². The lowest BCUT2D eigenvalue weighted by molar-refractivity contribution is -0.119. The van der Waals surface area contributed by atoms with Crippen LogP contribution < -0.4 is 15.5 Å². The van der Waals surface area contributed by atoms with Crippen molar-refractivity contribution in [3.05, 3.63) is 59.7 Å². The van der Waals surface area contributed by atoms with E-state index in [9.17, 15) is 9.59 Å². The number of hydrogen-bond donors (Lipinski definition) is 2. The molecule has 0 heterocycles. The standard InChI is InChI=1S/C18H21N3O2/c1-19-17(22)12-13-4-8-15(9-5-13)20-18(23)14-6-10-16(11-7-14)21(2)3/h4-11H,12H2,1-3H3,(H,19,22)(H,20,23). The monoisotopic (exact) mass is 311 g/mol. The van der Waals surface area contributed by atoms with Gasteiger partial charge in [0.05, 0.1) is 6.42 Å². The van der Waals surface area contributed by atoms with E-state index in [1.54, 1.807) is 31.3 Å². The van der Waals surface area contributed by atoms with Crippen LogP contribution in [0.3, 0.4) is 0 Å². The average molecular weight is 311 g/mol. The van der Waals surface area contributed by atoms with Crippen LogP contribution in [0.2, 0.25) is 0 Å². The Morgan fingerprint density at radius 1 is 0.957 bits per heavy atom. The van der Waals surface area contributed by atoms with Gasteiger partial charge in [0.25, 0.3) is 5.91 Å². The molecule has 2 aromatic rings. The Bertz CT molecular complexity index is 676. The average Bonchev–Trinajstić information content (AvgIpc) is 2.56. The van der Waals surface area contributed by atoms with Crippen molar-refractivity contribution in [3.8, 4) is 0 Å². The lowest BCUT2D eigenvalue weighted by Gasteiger charge is -2.12. The van der Waals surface area contributed by atoms with Crippen molar-refractivity contribution >= 4 is 23.2 Å². The van der Waals surface area contributed by atoms with Gasteiger partial charge in [-0.05, 0) is 42.0 Å². The second-order valence-electron chi connectivity index (χ2n) is 5.44. The van der Waals surface area contributed by atoms with Crippen LogP contribution in [-0.2, 0) is 11.2 Å². The number of carbonyl (C=O) groups is 2. The van der Waals surface area contributed by atoms with E-state index in [4.69, 9.17) is 0 Å². The first-order chi connectivity index (χ1) is 11.0. The largest absolute Gasteiger partial charge is 0.378 e. The third-order valence-corrected chi connectivity index (χ3v) is 3.50. The minimum Gasteiger partial charge on any atom is -0.378 e. The SMILES string of the molecule is CNC(=O)Cc1ccc(NC(=O)c2ccc(N(C)C)cc2)cc1. The number of likely N-dealkylation sites (N-methyl/N-ethyl adjacent to an activating group) is 1. The molecule has 2 N–H and O–H groups in total. The first-order valence-electron chi connectivity index (χ1n) is 7.38. The van der Waals surface area contributed by atoms with Crippen molar-refractivity contribution < 1.29 is 9.59 Å². The summed E-state index contributed by atoms with van der Waals surface area (Å²) in [5.41, 5.74) is 3.25. The van der Waals surface area contributed by atoms with Gasteiger partial charge in [0.15, 0.2) is 0 Å². The van der Waals surface area contributed by atoms with Gasteiger partial charge in [-0.15, -0.1) is 0 Å². The molecule has 0 atom stereocenters. The molecule has 0 fully saturated rings. The molecule has 0 bridgehead atoms. The molecular weight excluding hydrogens is 290 g/mol. The van der Waals surface area contributed by atoms with Crippen LogP contribution in [0.1, 0.15) is 15.9 Å². The first kappa shape index (κ1) is 16.5. The Morgan fingerprint density at radius 2 is 1.57 bits per heavy atom. The molecule has 120 valence electrons. The summed E-state index contributed by atoms with van der Waals surface area (Å²) in [6, 6.07) is 14.7. The molecular formula is C18H21N3O2. The normalized spacial score (nSPS) is 10.0. The van der Waals surface area contributed by atoms with Gasteiger partial charge in [-0.25, -0.2) is 0 Å². The van der Waals surface area contributed by atoms with E-state index in [1.165, 1.54) is 0 Å². The molecule has 23 heavy (non-hydrogen) atoms. The minimum atomic E-state index is -0.158. The molecule has 0 radical (unpaired) electrons. The van der Waals surface area contributed by atoms with Crippen molar-refractivity contribution in [2.75, 3.05) is 31.4 Å². The van der Waals surface area contributed by atoms with Crippen molar-refractivity contribution in [2.24, 2.45) is 0 Å². The molecule has 5 heteroatoms. The number of rotatable bonds is 5. The summed E-state index contributed by atoms with van der Waals surface area (Å²) in [6.07, 6.45) is 0.330. The molecule has 0 aromatic heterocycles. The van der Waals surface area contributed by atoms with Gasteiger partial charge in [-0.2, -0.15) is 0 Å². The molecule has 0 unspecified atom stereocenters. The smallest absolute Gasteiger partial charge is 0.255 e. The fourth-order valence-corrected chi connectivity index (χ4v) is 2.09. The third-order valence-electron chi connectivity index (χ3n) is 3.50. The number of nitrogens with one attached hydrogen (secondary N) is 2. The molecule has 0 saturated heterocycles. The number of carbonyl (C=O) groups excluding carboxylic acids is 2. The highest BCUT2D eigenvalue weighted by molar-refractivity contribution is 6.04. The van der Waals surface area contributed by atoms with Crippen molar-refractivity contribution in [1.29, 1.82) is 0 Å². The summed E-state index contributed by atoms with van der Waals surface area (Å²) in [6.45, 7) is 0. The van der Waals surface area contributed by atoms with Gasteiger partial charge in [-0.3, -0.25) is 9.59 Å². The Labute approximate surface area is 136 Å². The summed E-state index contributed by atoms with van der Waals surface area (Å²) in [7, 11) is 5.52. The van der Waals surface area contributed by atoms with Crippen LogP contribution in [0.4, 0.5) is 11.4 Å².